The topological polar surface area (TPSA) is 49.8 Å². The summed E-state index contributed by atoms with van der Waals surface area (Å²) in [4.78, 5) is 13.3. The monoisotopic (exact) mass is 277 g/mol. The van der Waals surface area contributed by atoms with Crippen molar-refractivity contribution < 1.29 is 14.6 Å². The SMILES string of the molecule is CCC1CCCCN1CCOc1ccc(C(=O)O)cc1. The van der Waals surface area contributed by atoms with Gasteiger partial charge in [0.2, 0.25) is 0 Å². The molecule has 1 aliphatic heterocycles. The molecule has 1 aromatic rings. The number of rotatable bonds is 6. The molecule has 1 aromatic carbocycles. The first-order chi connectivity index (χ1) is 9.70. The zero-order chi connectivity index (χ0) is 14.4. The van der Waals surface area contributed by atoms with Gasteiger partial charge in [0.1, 0.15) is 12.4 Å². The summed E-state index contributed by atoms with van der Waals surface area (Å²) < 4.78 is 5.70. The van der Waals surface area contributed by atoms with E-state index in [1.807, 2.05) is 0 Å². The van der Waals surface area contributed by atoms with E-state index >= 15 is 0 Å². The van der Waals surface area contributed by atoms with Crippen molar-refractivity contribution in [3.63, 3.8) is 0 Å². The average Bonchev–Trinajstić information content (AvgIpc) is 2.48. The maximum Gasteiger partial charge on any atom is 0.335 e. The number of benzene rings is 1. The first-order valence-electron chi connectivity index (χ1n) is 7.41. The zero-order valence-corrected chi connectivity index (χ0v) is 12.0. The number of carbonyl (C=O) groups is 1. The van der Waals surface area contributed by atoms with Gasteiger partial charge < -0.3 is 9.84 Å². The molecule has 20 heavy (non-hydrogen) atoms. The van der Waals surface area contributed by atoms with E-state index in [1.54, 1.807) is 24.3 Å². The molecule has 0 spiro atoms. The Morgan fingerprint density at radius 3 is 2.75 bits per heavy atom. The Balaban J connectivity index is 1.78. The van der Waals surface area contributed by atoms with E-state index in [1.165, 1.54) is 32.2 Å². The van der Waals surface area contributed by atoms with E-state index in [0.717, 1.165) is 12.3 Å². The number of ether oxygens (including phenoxy) is 1. The van der Waals surface area contributed by atoms with Crippen molar-refractivity contribution in [2.75, 3.05) is 19.7 Å². The second-order valence-corrected chi connectivity index (χ2v) is 5.27. The molecular weight excluding hydrogens is 254 g/mol. The lowest BCUT2D eigenvalue weighted by atomic mass is 10.0. The number of nitrogens with zero attached hydrogens (tertiary/aromatic N) is 1. The smallest absolute Gasteiger partial charge is 0.335 e. The fourth-order valence-electron chi connectivity index (χ4n) is 2.79. The molecule has 0 aromatic heterocycles. The molecule has 4 nitrogen and oxygen atoms in total. The summed E-state index contributed by atoms with van der Waals surface area (Å²) in [7, 11) is 0. The van der Waals surface area contributed by atoms with Crippen LogP contribution in [0.1, 0.15) is 43.0 Å². The summed E-state index contributed by atoms with van der Waals surface area (Å²) in [6.07, 6.45) is 5.12. The summed E-state index contributed by atoms with van der Waals surface area (Å²) in [5, 5.41) is 8.83. The van der Waals surface area contributed by atoms with E-state index in [-0.39, 0.29) is 0 Å². The van der Waals surface area contributed by atoms with E-state index in [0.29, 0.717) is 18.2 Å². The molecule has 1 heterocycles. The Kier molecular flexibility index (Phi) is 5.41. The summed E-state index contributed by atoms with van der Waals surface area (Å²) >= 11 is 0. The number of hydrogen-bond donors (Lipinski definition) is 1. The van der Waals surface area contributed by atoms with E-state index in [2.05, 4.69) is 11.8 Å². The molecule has 4 heteroatoms. The third kappa shape index (κ3) is 3.97. The first kappa shape index (κ1) is 14.9. The molecule has 0 amide bonds. The molecule has 1 unspecified atom stereocenters. The van der Waals surface area contributed by atoms with Gasteiger partial charge in [-0.05, 0) is 50.1 Å². The Morgan fingerprint density at radius 2 is 2.10 bits per heavy atom. The minimum absolute atomic E-state index is 0.291. The molecule has 0 radical (unpaired) electrons. The van der Waals surface area contributed by atoms with Crippen molar-refractivity contribution in [3.8, 4) is 5.75 Å². The van der Waals surface area contributed by atoms with Gasteiger partial charge in [0.15, 0.2) is 0 Å². The van der Waals surface area contributed by atoms with Gasteiger partial charge in [-0.1, -0.05) is 13.3 Å². The number of hydrogen-bond acceptors (Lipinski definition) is 3. The minimum atomic E-state index is -0.907. The van der Waals surface area contributed by atoms with E-state index in [9.17, 15) is 4.79 Å². The normalized spacial score (nSPS) is 19.8. The second kappa shape index (κ2) is 7.29. The number of likely N-dealkylation sites (tertiary alicyclic amines) is 1. The number of piperidine rings is 1. The molecule has 0 aliphatic carbocycles. The van der Waals surface area contributed by atoms with Gasteiger partial charge in [-0.15, -0.1) is 0 Å². The zero-order valence-electron chi connectivity index (χ0n) is 12.0. The van der Waals surface area contributed by atoms with E-state index < -0.39 is 5.97 Å². The molecular formula is C16H23NO3. The predicted octanol–water partition coefficient (Wildman–Crippen LogP) is 3.03. The van der Waals surface area contributed by atoms with Crippen LogP contribution in [0.15, 0.2) is 24.3 Å². The molecule has 1 saturated heterocycles. The van der Waals surface area contributed by atoms with Crippen molar-refractivity contribution in [1.29, 1.82) is 0 Å². The lowest BCUT2D eigenvalue weighted by Gasteiger charge is -2.34. The van der Waals surface area contributed by atoms with Crippen LogP contribution in [0.25, 0.3) is 0 Å². The Bertz CT molecular complexity index is 430. The summed E-state index contributed by atoms with van der Waals surface area (Å²) in [5.41, 5.74) is 0.291. The van der Waals surface area contributed by atoms with Crippen molar-refractivity contribution in [2.24, 2.45) is 0 Å². The molecule has 0 saturated carbocycles. The van der Waals surface area contributed by atoms with Crippen molar-refractivity contribution in [2.45, 2.75) is 38.6 Å². The van der Waals surface area contributed by atoms with Gasteiger partial charge >= 0.3 is 5.97 Å². The number of carboxylic acids is 1. The molecule has 1 N–H and O–H groups in total. The van der Waals surface area contributed by atoms with E-state index in [4.69, 9.17) is 9.84 Å². The highest BCUT2D eigenvalue weighted by Gasteiger charge is 2.20. The fourth-order valence-corrected chi connectivity index (χ4v) is 2.79. The van der Waals surface area contributed by atoms with Gasteiger partial charge in [-0.25, -0.2) is 4.79 Å². The van der Waals surface area contributed by atoms with Crippen LogP contribution in [0.3, 0.4) is 0 Å². The first-order valence-corrected chi connectivity index (χ1v) is 7.41. The van der Waals surface area contributed by atoms with Crippen LogP contribution in [-0.2, 0) is 0 Å². The van der Waals surface area contributed by atoms with Crippen LogP contribution in [0, 0.1) is 0 Å². The number of carboxylic acid groups (broad SMARTS) is 1. The molecule has 1 atom stereocenters. The van der Waals surface area contributed by atoms with Gasteiger partial charge in [-0.2, -0.15) is 0 Å². The molecule has 110 valence electrons. The van der Waals surface area contributed by atoms with Crippen LogP contribution >= 0.6 is 0 Å². The Morgan fingerprint density at radius 1 is 1.35 bits per heavy atom. The van der Waals surface area contributed by atoms with Crippen molar-refractivity contribution in [1.82, 2.24) is 4.90 Å². The molecule has 2 rings (SSSR count). The second-order valence-electron chi connectivity index (χ2n) is 5.27. The van der Waals surface area contributed by atoms with Crippen molar-refractivity contribution >= 4 is 5.97 Å². The summed E-state index contributed by atoms with van der Waals surface area (Å²) in [6.45, 7) is 5.01. The molecule has 1 aliphatic rings. The number of aromatic carboxylic acids is 1. The van der Waals surface area contributed by atoms with Crippen molar-refractivity contribution in [3.05, 3.63) is 29.8 Å². The van der Waals surface area contributed by atoms with Crippen LogP contribution in [0.2, 0.25) is 0 Å². The maximum absolute atomic E-state index is 10.8. The van der Waals surface area contributed by atoms with Gasteiger partial charge in [0.25, 0.3) is 0 Å². The quantitative estimate of drug-likeness (QED) is 0.868. The van der Waals surface area contributed by atoms with Gasteiger partial charge in [0.05, 0.1) is 5.56 Å². The Labute approximate surface area is 120 Å². The highest BCUT2D eigenvalue weighted by molar-refractivity contribution is 5.87. The van der Waals surface area contributed by atoms with Crippen LogP contribution < -0.4 is 4.74 Å². The average molecular weight is 277 g/mol. The van der Waals surface area contributed by atoms with Gasteiger partial charge in [-0.3, -0.25) is 4.90 Å². The highest BCUT2D eigenvalue weighted by atomic mass is 16.5. The highest BCUT2D eigenvalue weighted by Crippen LogP contribution is 2.19. The van der Waals surface area contributed by atoms with Crippen LogP contribution in [0.4, 0.5) is 0 Å². The molecule has 1 fully saturated rings. The lowest BCUT2D eigenvalue weighted by molar-refractivity contribution is 0.0697. The standard InChI is InChI=1S/C16H23NO3/c1-2-14-5-3-4-10-17(14)11-12-20-15-8-6-13(7-9-15)16(18)19/h6-9,14H,2-5,10-12H2,1H3,(H,18,19). The maximum atomic E-state index is 10.8. The van der Waals surface area contributed by atoms with Crippen LogP contribution in [-0.4, -0.2) is 41.7 Å². The minimum Gasteiger partial charge on any atom is -0.492 e. The third-order valence-electron chi connectivity index (χ3n) is 3.97. The largest absolute Gasteiger partial charge is 0.492 e. The molecule has 0 bridgehead atoms. The predicted molar refractivity (Wildman–Crippen MR) is 78.4 cm³/mol. The van der Waals surface area contributed by atoms with Crippen LogP contribution in [0.5, 0.6) is 5.75 Å². The fraction of sp³-hybridized carbons (Fsp3) is 0.562. The summed E-state index contributed by atoms with van der Waals surface area (Å²) in [6, 6.07) is 7.29. The summed E-state index contributed by atoms with van der Waals surface area (Å²) in [5.74, 6) is -0.171. The Hall–Kier alpha value is -1.55. The third-order valence-corrected chi connectivity index (χ3v) is 3.97. The van der Waals surface area contributed by atoms with Gasteiger partial charge in [0, 0.05) is 12.6 Å². The lowest BCUT2D eigenvalue weighted by Crippen LogP contribution is -2.41.